The highest BCUT2D eigenvalue weighted by atomic mass is 19.1. The van der Waals surface area contributed by atoms with Crippen molar-refractivity contribution in [1.82, 2.24) is 9.97 Å². The lowest BCUT2D eigenvalue weighted by molar-refractivity contribution is -0.116. The van der Waals surface area contributed by atoms with Crippen LogP contribution in [-0.4, -0.2) is 15.9 Å². The Kier molecular flexibility index (Phi) is 3.84. The van der Waals surface area contributed by atoms with Crippen molar-refractivity contribution in [2.75, 3.05) is 5.32 Å². The van der Waals surface area contributed by atoms with Crippen molar-refractivity contribution < 1.29 is 13.6 Å². The van der Waals surface area contributed by atoms with E-state index in [1.807, 2.05) is 6.07 Å². The van der Waals surface area contributed by atoms with Gasteiger partial charge in [0, 0.05) is 24.0 Å². The Morgan fingerprint density at radius 2 is 1.81 bits per heavy atom. The van der Waals surface area contributed by atoms with Gasteiger partial charge in [-0.3, -0.25) is 9.59 Å². The van der Waals surface area contributed by atoms with Crippen LogP contribution in [0.5, 0.6) is 0 Å². The average Bonchev–Trinajstić information content (AvgIpc) is 2.61. The molecule has 0 saturated heterocycles. The maximum Gasteiger partial charge on any atom is 0.257 e. The third-order valence-electron chi connectivity index (χ3n) is 4.34. The predicted octanol–water partition coefficient (Wildman–Crippen LogP) is 3.19. The lowest BCUT2D eigenvalue weighted by Crippen LogP contribution is -2.31. The molecule has 0 unspecified atom stereocenters. The van der Waals surface area contributed by atoms with Crippen LogP contribution in [0.25, 0.3) is 11.4 Å². The van der Waals surface area contributed by atoms with E-state index in [1.165, 1.54) is 6.07 Å². The van der Waals surface area contributed by atoms with Crippen molar-refractivity contribution >= 4 is 11.7 Å². The number of rotatable bonds is 2. The van der Waals surface area contributed by atoms with Gasteiger partial charge in [-0.1, -0.05) is 36.4 Å². The van der Waals surface area contributed by atoms with E-state index in [9.17, 15) is 18.4 Å². The summed E-state index contributed by atoms with van der Waals surface area (Å²) in [5.74, 6) is -2.35. The van der Waals surface area contributed by atoms with Crippen molar-refractivity contribution in [2.24, 2.45) is 0 Å². The van der Waals surface area contributed by atoms with Crippen molar-refractivity contribution in [1.29, 1.82) is 0 Å². The predicted molar refractivity (Wildman–Crippen MR) is 91.7 cm³/mol. The zero-order valence-electron chi connectivity index (χ0n) is 13.4. The molecule has 1 aliphatic rings. The van der Waals surface area contributed by atoms with Crippen LogP contribution >= 0.6 is 0 Å². The molecule has 130 valence electrons. The smallest absolute Gasteiger partial charge is 0.257 e. The number of aromatic nitrogens is 2. The largest absolute Gasteiger partial charge is 0.310 e. The van der Waals surface area contributed by atoms with Gasteiger partial charge >= 0.3 is 0 Å². The number of anilines is 1. The number of carbonyl (C=O) groups excluding carboxylic acids is 1. The SMILES string of the molecule is O=C1C[C@@H](c2ccc(F)cc2F)c2c(nc(-c3ccccc3)[nH]c2=O)N1. The number of nitrogens with zero attached hydrogens (tertiary/aromatic N) is 1. The molecule has 4 rings (SSSR count). The molecule has 1 atom stereocenters. The second-order valence-electron chi connectivity index (χ2n) is 6.01. The van der Waals surface area contributed by atoms with E-state index in [0.29, 0.717) is 11.4 Å². The van der Waals surface area contributed by atoms with Crippen molar-refractivity contribution in [3.05, 3.63) is 81.6 Å². The van der Waals surface area contributed by atoms with Gasteiger partial charge in [0.15, 0.2) is 0 Å². The summed E-state index contributed by atoms with van der Waals surface area (Å²) in [6.07, 6.45) is -0.120. The highest BCUT2D eigenvalue weighted by Crippen LogP contribution is 2.35. The fourth-order valence-electron chi connectivity index (χ4n) is 3.15. The number of hydrogen-bond donors (Lipinski definition) is 2. The summed E-state index contributed by atoms with van der Waals surface area (Å²) in [6.45, 7) is 0. The van der Waals surface area contributed by atoms with E-state index < -0.39 is 23.1 Å². The molecule has 2 aromatic carbocycles. The number of benzene rings is 2. The first-order valence-corrected chi connectivity index (χ1v) is 7.97. The van der Waals surface area contributed by atoms with Crippen LogP contribution in [0.15, 0.2) is 53.3 Å². The lowest BCUT2D eigenvalue weighted by atomic mass is 9.86. The maximum atomic E-state index is 14.2. The molecule has 1 aromatic heterocycles. The van der Waals surface area contributed by atoms with E-state index in [2.05, 4.69) is 15.3 Å². The van der Waals surface area contributed by atoms with Gasteiger partial charge in [-0.2, -0.15) is 0 Å². The Morgan fingerprint density at radius 3 is 2.54 bits per heavy atom. The molecular weight excluding hydrogens is 340 g/mol. The minimum atomic E-state index is -0.833. The molecule has 26 heavy (non-hydrogen) atoms. The number of aromatic amines is 1. The first-order valence-electron chi connectivity index (χ1n) is 7.97. The summed E-state index contributed by atoms with van der Waals surface area (Å²) in [5, 5.41) is 2.57. The van der Waals surface area contributed by atoms with Gasteiger partial charge in [0.05, 0.1) is 5.56 Å². The molecule has 1 amide bonds. The number of carbonyl (C=O) groups is 1. The first-order chi connectivity index (χ1) is 12.5. The second-order valence-corrected chi connectivity index (χ2v) is 6.01. The number of fused-ring (bicyclic) bond motifs is 1. The third kappa shape index (κ3) is 2.77. The Bertz CT molecular complexity index is 1060. The van der Waals surface area contributed by atoms with Crippen molar-refractivity contribution in [3.8, 4) is 11.4 Å². The average molecular weight is 353 g/mol. The molecular formula is C19H13F2N3O2. The molecule has 0 aliphatic carbocycles. The highest BCUT2D eigenvalue weighted by molar-refractivity contribution is 5.94. The van der Waals surface area contributed by atoms with Gasteiger partial charge in [-0.05, 0) is 11.6 Å². The summed E-state index contributed by atoms with van der Waals surface area (Å²) in [5.41, 5.74) is 0.455. The second kappa shape index (κ2) is 6.18. The maximum absolute atomic E-state index is 14.2. The Labute approximate surface area is 146 Å². The van der Waals surface area contributed by atoms with Crippen LogP contribution in [0, 0.1) is 11.6 Å². The fourth-order valence-corrected chi connectivity index (χ4v) is 3.15. The normalized spacial score (nSPS) is 16.1. The Hall–Kier alpha value is -3.35. The zero-order valence-corrected chi connectivity index (χ0v) is 13.4. The molecule has 1 aliphatic heterocycles. The summed E-state index contributed by atoms with van der Waals surface area (Å²) in [4.78, 5) is 31.8. The van der Waals surface area contributed by atoms with Gasteiger partial charge in [0.2, 0.25) is 5.91 Å². The van der Waals surface area contributed by atoms with E-state index >= 15 is 0 Å². The molecule has 0 saturated carbocycles. The Morgan fingerprint density at radius 1 is 1.04 bits per heavy atom. The lowest BCUT2D eigenvalue weighted by Gasteiger charge is -2.25. The molecule has 2 heterocycles. The van der Waals surface area contributed by atoms with Crippen LogP contribution in [0.4, 0.5) is 14.6 Å². The van der Waals surface area contributed by atoms with Crippen molar-refractivity contribution in [3.63, 3.8) is 0 Å². The summed E-state index contributed by atoms with van der Waals surface area (Å²) >= 11 is 0. The van der Waals surface area contributed by atoms with Crippen LogP contribution in [0.3, 0.4) is 0 Å². The molecule has 0 fully saturated rings. The highest BCUT2D eigenvalue weighted by Gasteiger charge is 2.32. The zero-order chi connectivity index (χ0) is 18.3. The summed E-state index contributed by atoms with van der Waals surface area (Å²) in [7, 11) is 0. The minimum Gasteiger partial charge on any atom is -0.310 e. The standard InChI is InChI=1S/C19H13F2N3O2/c20-11-6-7-12(14(21)8-11)13-9-15(25)22-18-16(13)19(26)24-17(23-18)10-4-2-1-3-5-10/h1-8,13H,9H2,(H2,22,23,24,25,26)/t13-/m0/s1. The quantitative estimate of drug-likeness (QED) is 0.743. The van der Waals surface area contributed by atoms with Crippen LogP contribution in [0.2, 0.25) is 0 Å². The summed E-state index contributed by atoms with van der Waals surface area (Å²) in [6, 6.07) is 12.1. The van der Waals surface area contributed by atoms with E-state index in [-0.39, 0.29) is 29.3 Å². The molecule has 0 bridgehead atoms. The van der Waals surface area contributed by atoms with Crippen LogP contribution in [-0.2, 0) is 4.79 Å². The molecule has 0 spiro atoms. The van der Waals surface area contributed by atoms with Gasteiger partial charge in [-0.25, -0.2) is 13.8 Å². The van der Waals surface area contributed by atoms with Crippen LogP contribution in [0.1, 0.15) is 23.5 Å². The van der Waals surface area contributed by atoms with Gasteiger partial charge in [-0.15, -0.1) is 0 Å². The molecule has 3 aromatic rings. The first kappa shape index (κ1) is 16.1. The Balaban J connectivity index is 1.88. The van der Waals surface area contributed by atoms with Crippen molar-refractivity contribution in [2.45, 2.75) is 12.3 Å². The van der Waals surface area contributed by atoms with Gasteiger partial charge in [0.25, 0.3) is 5.56 Å². The molecule has 2 N–H and O–H groups in total. The number of amides is 1. The van der Waals surface area contributed by atoms with E-state index in [0.717, 1.165) is 12.1 Å². The minimum absolute atomic E-state index is 0.0854. The number of hydrogen-bond acceptors (Lipinski definition) is 3. The number of H-pyrrole nitrogens is 1. The van der Waals surface area contributed by atoms with Crippen LogP contribution < -0.4 is 10.9 Å². The van der Waals surface area contributed by atoms with E-state index in [4.69, 9.17) is 0 Å². The number of halogens is 2. The molecule has 5 nitrogen and oxygen atoms in total. The third-order valence-corrected chi connectivity index (χ3v) is 4.34. The fraction of sp³-hybridized carbons (Fsp3) is 0.105. The van der Waals surface area contributed by atoms with E-state index in [1.54, 1.807) is 24.3 Å². The molecule has 0 radical (unpaired) electrons. The number of nitrogens with one attached hydrogen (secondary N) is 2. The summed E-state index contributed by atoms with van der Waals surface area (Å²) < 4.78 is 27.4. The monoisotopic (exact) mass is 353 g/mol. The van der Waals surface area contributed by atoms with Gasteiger partial charge < -0.3 is 10.3 Å². The van der Waals surface area contributed by atoms with Gasteiger partial charge in [0.1, 0.15) is 23.3 Å². The molecule has 7 heteroatoms. The topological polar surface area (TPSA) is 74.8 Å².